The van der Waals surface area contributed by atoms with Crippen molar-refractivity contribution in [2.75, 3.05) is 11.5 Å². The Morgan fingerprint density at radius 2 is 1.93 bits per heavy atom. The second-order valence-electron chi connectivity index (χ2n) is 7.27. The third kappa shape index (κ3) is 3.85. The Bertz CT molecular complexity index is 993. The van der Waals surface area contributed by atoms with E-state index in [0.29, 0.717) is 24.5 Å². The Hall–Kier alpha value is -2.85. The fourth-order valence-electron chi connectivity index (χ4n) is 4.14. The first-order valence-corrected chi connectivity index (χ1v) is 10.1. The fourth-order valence-corrected chi connectivity index (χ4v) is 4.33. The lowest BCUT2D eigenvalue weighted by atomic mass is 9.77. The van der Waals surface area contributed by atoms with Crippen molar-refractivity contribution in [2.24, 2.45) is 0 Å². The first kappa shape index (κ1) is 19.5. The smallest absolute Gasteiger partial charge is 0.232 e. The van der Waals surface area contributed by atoms with Gasteiger partial charge in [-0.2, -0.15) is 0 Å². The second-order valence-corrected chi connectivity index (χ2v) is 7.71. The molecule has 0 radical (unpaired) electrons. The summed E-state index contributed by atoms with van der Waals surface area (Å²) in [6.45, 7) is 4.08. The minimum Gasteiger partial charge on any atom is -0.490 e. The van der Waals surface area contributed by atoms with Crippen LogP contribution in [0.2, 0.25) is 5.02 Å². The molecule has 2 aliphatic rings. The summed E-state index contributed by atoms with van der Waals surface area (Å²) in [6, 6.07) is 14.9. The molecule has 5 heteroatoms. The number of halogens is 1. The van der Waals surface area contributed by atoms with Gasteiger partial charge < -0.3 is 4.74 Å². The molecule has 1 amide bonds. The Balaban J connectivity index is 1.75. The highest BCUT2D eigenvalue weighted by atomic mass is 35.5. The standard InChI is InChI=1S/C24H22ClNO3/c1-2-13-29-19-11-9-16(10-12-19)20-15-23(28)26(18-6-3-5-17(25)14-18)21-7-4-8-22(27)24(20)21/h2-3,5-6,9-12,14,20H,1,4,7-8,13,15H2. The number of rotatable bonds is 5. The highest BCUT2D eigenvalue weighted by Gasteiger charge is 2.39. The van der Waals surface area contributed by atoms with Crippen molar-refractivity contribution in [2.45, 2.75) is 31.6 Å². The number of amides is 1. The van der Waals surface area contributed by atoms with Gasteiger partial charge in [0.05, 0.1) is 5.69 Å². The molecule has 2 aromatic carbocycles. The van der Waals surface area contributed by atoms with E-state index < -0.39 is 0 Å². The van der Waals surface area contributed by atoms with Crippen molar-refractivity contribution < 1.29 is 14.3 Å². The van der Waals surface area contributed by atoms with Crippen LogP contribution in [0.4, 0.5) is 5.69 Å². The molecule has 4 rings (SSSR count). The van der Waals surface area contributed by atoms with Crippen LogP contribution in [0.5, 0.6) is 5.75 Å². The largest absolute Gasteiger partial charge is 0.490 e. The van der Waals surface area contributed by atoms with Crippen molar-refractivity contribution in [3.63, 3.8) is 0 Å². The van der Waals surface area contributed by atoms with E-state index >= 15 is 0 Å². The lowest BCUT2D eigenvalue weighted by Crippen LogP contribution is -2.40. The van der Waals surface area contributed by atoms with Crippen molar-refractivity contribution >= 4 is 29.0 Å². The quantitative estimate of drug-likeness (QED) is 0.620. The number of hydrogen-bond donors (Lipinski definition) is 0. The van der Waals surface area contributed by atoms with E-state index in [1.807, 2.05) is 36.4 Å². The monoisotopic (exact) mass is 407 g/mol. The Labute approximate surface area is 175 Å². The summed E-state index contributed by atoms with van der Waals surface area (Å²) >= 11 is 6.15. The molecule has 2 aromatic rings. The van der Waals surface area contributed by atoms with E-state index in [0.717, 1.165) is 34.7 Å². The Morgan fingerprint density at radius 3 is 2.66 bits per heavy atom. The molecule has 0 aromatic heterocycles. The van der Waals surface area contributed by atoms with Crippen molar-refractivity contribution in [1.29, 1.82) is 0 Å². The van der Waals surface area contributed by atoms with Gasteiger partial charge in [0.2, 0.25) is 5.91 Å². The average Bonchev–Trinajstić information content (AvgIpc) is 2.72. The molecule has 1 aliphatic carbocycles. The number of benzene rings is 2. The first-order chi connectivity index (χ1) is 14.1. The van der Waals surface area contributed by atoms with E-state index in [-0.39, 0.29) is 24.0 Å². The van der Waals surface area contributed by atoms with Crippen molar-refractivity contribution in [3.8, 4) is 5.75 Å². The Kier molecular flexibility index (Phi) is 5.54. The van der Waals surface area contributed by atoms with Gasteiger partial charge in [-0.15, -0.1) is 0 Å². The maximum atomic E-state index is 13.2. The van der Waals surface area contributed by atoms with Gasteiger partial charge in [0, 0.05) is 35.1 Å². The van der Waals surface area contributed by atoms with E-state index in [1.165, 1.54) is 0 Å². The van der Waals surface area contributed by atoms with Gasteiger partial charge in [-0.1, -0.05) is 42.5 Å². The summed E-state index contributed by atoms with van der Waals surface area (Å²) < 4.78 is 5.55. The summed E-state index contributed by atoms with van der Waals surface area (Å²) in [5.41, 5.74) is 3.25. The third-order valence-corrected chi connectivity index (χ3v) is 5.63. The van der Waals surface area contributed by atoms with E-state index in [1.54, 1.807) is 23.1 Å². The molecule has 29 heavy (non-hydrogen) atoms. The molecular formula is C24H22ClNO3. The number of carbonyl (C=O) groups excluding carboxylic acids is 2. The summed E-state index contributed by atoms with van der Waals surface area (Å²) in [6.07, 6.45) is 3.92. The molecule has 0 spiro atoms. The number of nitrogens with zero attached hydrogens (tertiary/aromatic N) is 1. The molecule has 0 bridgehead atoms. The second kappa shape index (κ2) is 8.26. The molecule has 0 N–H and O–H groups in total. The molecule has 0 fully saturated rings. The molecule has 1 atom stereocenters. The number of ether oxygens (including phenoxy) is 1. The molecule has 0 saturated carbocycles. The zero-order chi connectivity index (χ0) is 20.4. The number of Topliss-reactive ketones (excluding diaryl/α,β-unsaturated/α-hetero) is 1. The lowest BCUT2D eigenvalue weighted by molar-refractivity contribution is -0.119. The number of allylic oxidation sites excluding steroid dienone is 2. The molecule has 0 saturated heterocycles. The van der Waals surface area contributed by atoms with Gasteiger partial charge in [0.25, 0.3) is 0 Å². The SMILES string of the molecule is C=CCOc1ccc(C2CC(=O)N(c3cccc(Cl)c3)C3=C2C(=O)CCC3)cc1. The summed E-state index contributed by atoms with van der Waals surface area (Å²) in [7, 11) is 0. The zero-order valence-electron chi connectivity index (χ0n) is 16.1. The van der Waals surface area contributed by atoms with Gasteiger partial charge in [0.15, 0.2) is 5.78 Å². The zero-order valence-corrected chi connectivity index (χ0v) is 16.8. The fraction of sp³-hybridized carbons (Fsp3) is 0.250. The van der Waals surface area contributed by atoms with Crippen LogP contribution >= 0.6 is 11.6 Å². The number of ketones is 1. The van der Waals surface area contributed by atoms with Crippen LogP contribution in [0.3, 0.4) is 0 Å². The van der Waals surface area contributed by atoms with Gasteiger partial charge in [-0.25, -0.2) is 0 Å². The van der Waals surface area contributed by atoms with Crippen LogP contribution in [0, 0.1) is 0 Å². The maximum Gasteiger partial charge on any atom is 0.232 e. The van der Waals surface area contributed by atoms with Crippen LogP contribution in [0.15, 0.2) is 72.5 Å². The van der Waals surface area contributed by atoms with Crippen LogP contribution in [0.25, 0.3) is 0 Å². The normalized spacial score (nSPS) is 19.2. The molecule has 148 valence electrons. The summed E-state index contributed by atoms with van der Waals surface area (Å²) in [5, 5.41) is 0.567. The number of hydrogen-bond acceptors (Lipinski definition) is 3. The molecular weight excluding hydrogens is 386 g/mol. The predicted octanol–water partition coefficient (Wildman–Crippen LogP) is 5.43. The summed E-state index contributed by atoms with van der Waals surface area (Å²) in [5.74, 6) is 0.621. The van der Waals surface area contributed by atoms with Gasteiger partial charge in [-0.3, -0.25) is 14.5 Å². The average molecular weight is 408 g/mol. The molecule has 1 heterocycles. The third-order valence-electron chi connectivity index (χ3n) is 5.39. The number of carbonyl (C=O) groups is 2. The van der Waals surface area contributed by atoms with E-state index in [4.69, 9.17) is 16.3 Å². The van der Waals surface area contributed by atoms with E-state index in [9.17, 15) is 9.59 Å². The molecule has 1 unspecified atom stereocenters. The van der Waals surface area contributed by atoms with Crippen LogP contribution in [-0.4, -0.2) is 18.3 Å². The van der Waals surface area contributed by atoms with Gasteiger partial charge in [-0.05, 0) is 48.7 Å². The van der Waals surface area contributed by atoms with Gasteiger partial charge >= 0.3 is 0 Å². The van der Waals surface area contributed by atoms with Crippen molar-refractivity contribution in [3.05, 3.63) is 83.0 Å². The lowest BCUT2D eigenvalue weighted by Gasteiger charge is -2.38. The topological polar surface area (TPSA) is 46.6 Å². The first-order valence-electron chi connectivity index (χ1n) is 9.77. The number of anilines is 1. The van der Waals surface area contributed by atoms with Gasteiger partial charge in [0.1, 0.15) is 12.4 Å². The van der Waals surface area contributed by atoms with Crippen molar-refractivity contribution in [1.82, 2.24) is 0 Å². The van der Waals surface area contributed by atoms with Crippen LogP contribution in [-0.2, 0) is 9.59 Å². The minimum absolute atomic E-state index is 0.0160. The molecule has 4 nitrogen and oxygen atoms in total. The highest BCUT2D eigenvalue weighted by Crippen LogP contribution is 2.43. The predicted molar refractivity (Wildman–Crippen MR) is 114 cm³/mol. The van der Waals surface area contributed by atoms with Crippen LogP contribution < -0.4 is 9.64 Å². The Morgan fingerprint density at radius 1 is 1.14 bits per heavy atom. The van der Waals surface area contributed by atoms with Crippen LogP contribution in [0.1, 0.15) is 37.2 Å². The highest BCUT2D eigenvalue weighted by molar-refractivity contribution is 6.31. The minimum atomic E-state index is -0.228. The summed E-state index contributed by atoms with van der Waals surface area (Å²) in [4.78, 5) is 27.8. The molecule has 1 aliphatic heterocycles. The maximum absolute atomic E-state index is 13.2. The van der Waals surface area contributed by atoms with E-state index in [2.05, 4.69) is 6.58 Å².